The molecular formula is C10H22O6. The summed E-state index contributed by atoms with van der Waals surface area (Å²) in [5.41, 5.74) is -2.92. The fraction of sp³-hybridized carbons (Fsp3) is 0.800. The summed E-state index contributed by atoms with van der Waals surface area (Å²) < 4.78 is 0. The largest absolute Gasteiger partial charge is 0.479 e. The van der Waals surface area contributed by atoms with Crippen LogP contribution in [0.3, 0.4) is 0 Å². The van der Waals surface area contributed by atoms with Gasteiger partial charge >= 0.3 is 11.9 Å². The van der Waals surface area contributed by atoms with Crippen LogP contribution < -0.4 is 0 Å². The Kier molecular flexibility index (Phi) is 8.17. The van der Waals surface area contributed by atoms with Crippen molar-refractivity contribution in [2.45, 2.75) is 52.7 Å². The van der Waals surface area contributed by atoms with Crippen LogP contribution in [0.2, 0.25) is 0 Å². The van der Waals surface area contributed by atoms with E-state index in [0.717, 1.165) is 0 Å². The second kappa shape index (κ2) is 6.44. The zero-order chi connectivity index (χ0) is 11.6. The van der Waals surface area contributed by atoms with E-state index in [1.165, 1.54) is 13.8 Å². The molecule has 1 fully saturated rings. The highest BCUT2D eigenvalue weighted by molar-refractivity contribution is 5.80. The first kappa shape index (κ1) is 20.3. The number of carboxylic acid groups (broad SMARTS) is 2. The number of rotatable bonds is 2. The maximum Gasteiger partial charge on any atom is 0.335 e. The van der Waals surface area contributed by atoms with Crippen LogP contribution in [0.15, 0.2) is 0 Å². The third kappa shape index (κ3) is 7.19. The summed E-state index contributed by atoms with van der Waals surface area (Å²) in [6.45, 7) is 2.44. The highest BCUT2D eigenvalue weighted by atomic mass is 16.4. The zero-order valence-electron chi connectivity index (χ0n) is 8.02. The Morgan fingerprint density at radius 2 is 1.38 bits per heavy atom. The average molecular weight is 238 g/mol. The molecule has 4 N–H and O–H groups in total. The second-order valence-corrected chi connectivity index (χ2v) is 3.70. The summed E-state index contributed by atoms with van der Waals surface area (Å²) in [4.78, 5) is 19.6. The molecule has 0 unspecified atom stereocenters. The van der Waals surface area contributed by atoms with Gasteiger partial charge in [-0.1, -0.05) is 14.9 Å². The lowest BCUT2D eigenvalue weighted by Gasteiger charge is -2.07. The fourth-order valence-corrected chi connectivity index (χ4v) is 0.332. The predicted molar refractivity (Wildman–Crippen MR) is 59.2 cm³/mol. The first-order chi connectivity index (χ1) is 6.09. The van der Waals surface area contributed by atoms with E-state index < -0.39 is 23.1 Å². The summed E-state index contributed by atoms with van der Waals surface area (Å²) in [6, 6.07) is 0. The van der Waals surface area contributed by atoms with Gasteiger partial charge in [0.15, 0.2) is 11.2 Å². The quantitative estimate of drug-likeness (QED) is 0.563. The fourth-order valence-electron chi connectivity index (χ4n) is 0.332. The van der Waals surface area contributed by atoms with E-state index in [4.69, 9.17) is 20.4 Å². The van der Waals surface area contributed by atoms with E-state index in [9.17, 15) is 9.59 Å². The molecule has 0 bridgehead atoms. The molecule has 0 amide bonds. The lowest BCUT2D eigenvalue weighted by Crippen LogP contribution is -2.30. The Balaban J connectivity index is -0.000000188. The van der Waals surface area contributed by atoms with Gasteiger partial charge in [-0.25, -0.2) is 9.59 Å². The number of aliphatic hydroxyl groups is 2. The van der Waals surface area contributed by atoms with Crippen molar-refractivity contribution < 1.29 is 30.0 Å². The monoisotopic (exact) mass is 238 g/mol. The van der Waals surface area contributed by atoms with E-state index in [2.05, 4.69) is 0 Å². The molecule has 6 heteroatoms. The number of carbonyl (C=O) groups is 2. The molecule has 0 radical (unpaired) electrons. The van der Waals surface area contributed by atoms with Gasteiger partial charge in [-0.3, -0.25) is 0 Å². The van der Waals surface area contributed by atoms with Crippen molar-refractivity contribution in [1.82, 2.24) is 0 Å². The van der Waals surface area contributed by atoms with E-state index >= 15 is 0 Å². The van der Waals surface area contributed by atoms with Crippen LogP contribution in [-0.2, 0) is 9.59 Å². The minimum Gasteiger partial charge on any atom is -0.479 e. The summed E-state index contributed by atoms with van der Waals surface area (Å²) in [5.74, 6) is -2.29. The summed E-state index contributed by atoms with van der Waals surface area (Å²) in [5, 5.41) is 33.2. The average Bonchev–Trinajstić information content (AvgIpc) is 2.68. The minimum atomic E-state index is -1.58. The molecule has 0 aromatic rings. The van der Waals surface area contributed by atoms with Crippen LogP contribution in [0, 0.1) is 0 Å². The molecule has 0 aromatic heterocycles. The smallest absolute Gasteiger partial charge is 0.335 e. The molecule has 0 saturated heterocycles. The third-order valence-electron chi connectivity index (χ3n) is 1.65. The molecule has 0 aliphatic heterocycles. The van der Waals surface area contributed by atoms with Gasteiger partial charge in [0.25, 0.3) is 0 Å². The Hall–Kier alpha value is -1.14. The molecule has 98 valence electrons. The maximum absolute atomic E-state index is 9.83. The van der Waals surface area contributed by atoms with Crippen LogP contribution in [0.25, 0.3) is 0 Å². The summed E-state index contributed by atoms with van der Waals surface area (Å²) in [6.07, 6.45) is 0.838. The highest BCUT2D eigenvalue weighted by Gasteiger charge is 2.48. The number of hydrogen-bond acceptors (Lipinski definition) is 4. The van der Waals surface area contributed by atoms with Crippen LogP contribution in [0.4, 0.5) is 0 Å². The zero-order valence-corrected chi connectivity index (χ0v) is 8.02. The lowest BCUT2D eigenvalue weighted by molar-refractivity contribution is -0.154. The van der Waals surface area contributed by atoms with Gasteiger partial charge in [0, 0.05) is 0 Å². The Morgan fingerprint density at radius 3 is 1.38 bits per heavy atom. The molecule has 0 heterocycles. The van der Waals surface area contributed by atoms with Crippen LogP contribution >= 0.6 is 0 Å². The van der Waals surface area contributed by atoms with Crippen molar-refractivity contribution in [3.63, 3.8) is 0 Å². The van der Waals surface area contributed by atoms with Crippen LogP contribution in [0.5, 0.6) is 0 Å². The topological polar surface area (TPSA) is 115 Å². The van der Waals surface area contributed by atoms with E-state index in [0.29, 0.717) is 12.8 Å². The SMILES string of the molecule is C.C.CC(C)(O)C(=O)O.O=C(O)C1(O)CC1. The first-order valence-electron chi connectivity index (χ1n) is 4.01. The van der Waals surface area contributed by atoms with Crippen molar-refractivity contribution >= 4 is 11.9 Å². The van der Waals surface area contributed by atoms with Crippen LogP contribution in [0.1, 0.15) is 41.5 Å². The van der Waals surface area contributed by atoms with Crippen molar-refractivity contribution in [2.75, 3.05) is 0 Å². The van der Waals surface area contributed by atoms with E-state index in [1.54, 1.807) is 0 Å². The molecule has 0 aromatic carbocycles. The van der Waals surface area contributed by atoms with Crippen LogP contribution in [-0.4, -0.2) is 43.6 Å². The van der Waals surface area contributed by atoms with Gasteiger partial charge in [-0.05, 0) is 26.7 Å². The van der Waals surface area contributed by atoms with Gasteiger partial charge in [-0.15, -0.1) is 0 Å². The molecule has 1 aliphatic rings. The van der Waals surface area contributed by atoms with Crippen molar-refractivity contribution in [1.29, 1.82) is 0 Å². The molecule has 0 spiro atoms. The Bertz CT molecular complexity index is 221. The second-order valence-electron chi connectivity index (χ2n) is 3.70. The van der Waals surface area contributed by atoms with Gasteiger partial charge in [0.1, 0.15) is 0 Å². The maximum atomic E-state index is 9.83. The molecule has 1 rings (SSSR count). The van der Waals surface area contributed by atoms with Crippen molar-refractivity contribution in [3.8, 4) is 0 Å². The first-order valence-corrected chi connectivity index (χ1v) is 4.01. The summed E-state index contributed by atoms with van der Waals surface area (Å²) >= 11 is 0. The van der Waals surface area contributed by atoms with E-state index in [1.807, 2.05) is 0 Å². The number of carboxylic acids is 2. The number of hydrogen-bond donors (Lipinski definition) is 4. The molecular weight excluding hydrogens is 216 g/mol. The molecule has 0 atom stereocenters. The molecule has 6 nitrogen and oxygen atoms in total. The van der Waals surface area contributed by atoms with Gasteiger partial charge in [0.2, 0.25) is 0 Å². The van der Waals surface area contributed by atoms with Crippen molar-refractivity contribution in [3.05, 3.63) is 0 Å². The Labute approximate surface area is 95.5 Å². The molecule has 1 saturated carbocycles. The highest BCUT2D eigenvalue weighted by Crippen LogP contribution is 2.34. The lowest BCUT2D eigenvalue weighted by atomic mass is 10.1. The predicted octanol–water partition coefficient (Wildman–Crippen LogP) is 0.710. The summed E-state index contributed by atoms with van der Waals surface area (Å²) in [7, 11) is 0. The normalized spacial score (nSPS) is 15.5. The van der Waals surface area contributed by atoms with Crippen molar-refractivity contribution in [2.24, 2.45) is 0 Å². The molecule has 1 aliphatic carbocycles. The van der Waals surface area contributed by atoms with Gasteiger partial charge < -0.3 is 20.4 Å². The minimum absolute atomic E-state index is 0. The third-order valence-corrected chi connectivity index (χ3v) is 1.65. The van der Waals surface area contributed by atoms with Gasteiger partial charge in [-0.2, -0.15) is 0 Å². The standard InChI is InChI=1S/C4H6O3.C4H8O3.2CH4/c5-3(6)4(7)1-2-4;1-4(2,7)3(5)6;;/h7H,1-2H2,(H,5,6);7H,1-2H3,(H,5,6);2*1H4. The molecule has 16 heavy (non-hydrogen) atoms. The number of aliphatic carboxylic acids is 2. The Morgan fingerprint density at radius 1 is 1.12 bits per heavy atom. The van der Waals surface area contributed by atoms with E-state index in [-0.39, 0.29) is 14.9 Å². The van der Waals surface area contributed by atoms with Gasteiger partial charge in [0.05, 0.1) is 0 Å².